The molecule has 0 atom stereocenters. The second kappa shape index (κ2) is 10.00. The van der Waals surface area contributed by atoms with Crippen LogP contribution >= 0.6 is 0 Å². The molecule has 4 nitrogen and oxygen atoms in total. The Balaban J connectivity index is 1.34. The first-order valence-electron chi connectivity index (χ1n) is 15.0. The van der Waals surface area contributed by atoms with Crippen LogP contribution in [-0.2, 0) is 0 Å². The van der Waals surface area contributed by atoms with Crippen molar-refractivity contribution in [3.63, 3.8) is 0 Å². The topological polar surface area (TPSA) is 35.6 Å². The number of benzene rings is 6. The number of para-hydroxylation sites is 2. The molecule has 0 saturated carbocycles. The number of hydrogen-bond donors (Lipinski definition) is 0. The molecule has 0 fully saturated rings. The second-order valence-electron chi connectivity index (χ2n) is 11.2. The molecule has 0 N–H and O–H groups in total. The first-order valence-corrected chi connectivity index (χ1v) is 15.0. The maximum absolute atomic E-state index is 14.9. The SMILES string of the molecule is Fc1ccc2c(c1)c1cc(-n3c4ccccc4c4ccccc43)ccc1n2-c1nc(-c2ccccc2)cc(-c2ccccc2)n1. The van der Waals surface area contributed by atoms with Crippen LogP contribution in [0.2, 0.25) is 0 Å². The lowest BCUT2D eigenvalue weighted by Gasteiger charge is -2.12. The van der Waals surface area contributed by atoms with E-state index in [9.17, 15) is 4.39 Å². The average Bonchev–Trinajstić information content (AvgIpc) is 3.61. The van der Waals surface area contributed by atoms with Crippen LogP contribution < -0.4 is 0 Å². The van der Waals surface area contributed by atoms with E-state index in [1.807, 2.05) is 48.5 Å². The van der Waals surface area contributed by atoms with Crippen molar-refractivity contribution in [3.8, 4) is 34.2 Å². The summed E-state index contributed by atoms with van der Waals surface area (Å²) in [6.45, 7) is 0. The zero-order chi connectivity index (χ0) is 29.9. The predicted molar refractivity (Wildman–Crippen MR) is 182 cm³/mol. The van der Waals surface area contributed by atoms with E-state index in [2.05, 4.69) is 100 Å². The van der Waals surface area contributed by atoms with Gasteiger partial charge in [-0.05, 0) is 54.6 Å². The number of nitrogens with zero attached hydrogens (tertiary/aromatic N) is 4. The van der Waals surface area contributed by atoms with Gasteiger partial charge in [0.15, 0.2) is 0 Å². The first kappa shape index (κ1) is 25.4. The van der Waals surface area contributed by atoms with E-state index in [1.165, 1.54) is 16.8 Å². The molecule has 0 unspecified atom stereocenters. The van der Waals surface area contributed by atoms with Crippen LogP contribution in [-0.4, -0.2) is 19.1 Å². The van der Waals surface area contributed by atoms with Crippen molar-refractivity contribution in [1.29, 1.82) is 0 Å². The van der Waals surface area contributed by atoms with Crippen LogP contribution in [0.25, 0.3) is 77.8 Å². The lowest BCUT2D eigenvalue weighted by Crippen LogP contribution is -2.04. The van der Waals surface area contributed by atoms with Crippen molar-refractivity contribution in [2.45, 2.75) is 0 Å². The quantitative estimate of drug-likeness (QED) is 0.208. The molecule has 9 aromatic rings. The van der Waals surface area contributed by atoms with Gasteiger partial charge in [-0.3, -0.25) is 4.57 Å². The Morgan fingerprint density at radius 1 is 0.400 bits per heavy atom. The third kappa shape index (κ3) is 4.05. The normalized spacial score (nSPS) is 11.7. The van der Waals surface area contributed by atoms with E-state index in [4.69, 9.17) is 9.97 Å². The van der Waals surface area contributed by atoms with E-state index in [0.717, 1.165) is 61.0 Å². The van der Waals surface area contributed by atoms with Crippen molar-refractivity contribution in [1.82, 2.24) is 19.1 Å². The molecule has 3 aromatic heterocycles. The zero-order valence-electron chi connectivity index (χ0n) is 24.1. The summed E-state index contributed by atoms with van der Waals surface area (Å²) in [7, 11) is 0. The number of rotatable bonds is 4. The van der Waals surface area contributed by atoms with Crippen LogP contribution in [0.5, 0.6) is 0 Å². The highest BCUT2D eigenvalue weighted by molar-refractivity contribution is 6.12. The second-order valence-corrected chi connectivity index (χ2v) is 11.2. The fourth-order valence-corrected chi connectivity index (χ4v) is 6.59. The molecule has 0 saturated heterocycles. The van der Waals surface area contributed by atoms with E-state index >= 15 is 0 Å². The van der Waals surface area contributed by atoms with E-state index < -0.39 is 0 Å². The standard InChI is InChI=1S/C40H25FN4/c41-28-19-21-38-32(23-28)33-24-29(44-36-17-9-7-15-30(36)31-16-8-10-18-37(31)44)20-22-39(33)45(38)40-42-34(26-11-3-1-4-12-26)25-35(43-40)27-13-5-2-6-14-27/h1-25H. The van der Waals surface area contributed by atoms with Gasteiger partial charge in [-0.1, -0.05) is 97.1 Å². The van der Waals surface area contributed by atoms with Crippen molar-refractivity contribution in [2.75, 3.05) is 0 Å². The van der Waals surface area contributed by atoms with Crippen LogP contribution in [0.3, 0.4) is 0 Å². The van der Waals surface area contributed by atoms with Crippen molar-refractivity contribution < 1.29 is 4.39 Å². The Bertz CT molecular complexity index is 2440. The van der Waals surface area contributed by atoms with Crippen LogP contribution in [0.4, 0.5) is 4.39 Å². The van der Waals surface area contributed by atoms with Gasteiger partial charge in [0, 0.05) is 38.4 Å². The predicted octanol–water partition coefficient (Wildman–Crippen LogP) is 10.1. The molecule has 0 radical (unpaired) electrons. The van der Waals surface area contributed by atoms with E-state index in [1.54, 1.807) is 6.07 Å². The lowest BCUT2D eigenvalue weighted by molar-refractivity contribution is 0.629. The highest BCUT2D eigenvalue weighted by Gasteiger charge is 2.19. The minimum absolute atomic E-state index is 0.284. The summed E-state index contributed by atoms with van der Waals surface area (Å²) in [6.07, 6.45) is 0. The molecular weight excluding hydrogens is 555 g/mol. The fourth-order valence-electron chi connectivity index (χ4n) is 6.59. The van der Waals surface area contributed by atoms with Crippen LogP contribution in [0.15, 0.2) is 152 Å². The number of halogens is 1. The highest BCUT2D eigenvalue weighted by atomic mass is 19.1. The number of aromatic nitrogens is 4. The van der Waals surface area contributed by atoms with Crippen LogP contribution in [0.1, 0.15) is 0 Å². The van der Waals surface area contributed by atoms with Crippen molar-refractivity contribution >= 4 is 43.6 Å². The molecule has 0 aliphatic heterocycles. The van der Waals surface area contributed by atoms with Gasteiger partial charge in [0.05, 0.1) is 33.5 Å². The molecule has 3 heterocycles. The Morgan fingerprint density at radius 2 is 0.889 bits per heavy atom. The molecule has 6 aromatic carbocycles. The summed E-state index contributed by atoms with van der Waals surface area (Å²) < 4.78 is 19.2. The minimum atomic E-state index is -0.284. The molecule has 0 amide bonds. The molecule has 45 heavy (non-hydrogen) atoms. The number of fused-ring (bicyclic) bond motifs is 6. The highest BCUT2D eigenvalue weighted by Crippen LogP contribution is 2.37. The molecule has 9 rings (SSSR count). The summed E-state index contributed by atoms with van der Waals surface area (Å²) in [5, 5.41) is 4.13. The minimum Gasteiger partial charge on any atom is -0.309 e. The Morgan fingerprint density at radius 3 is 1.49 bits per heavy atom. The van der Waals surface area contributed by atoms with Crippen LogP contribution in [0, 0.1) is 5.82 Å². The van der Waals surface area contributed by atoms with Gasteiger partial charge >= 0.3 is 0 Å². The van der Waals surface area contributed by atoms with E-state index in [-0.39, 0.29) is 5.82 Å². The Kier molecular flexibility index (Phi) is 5.65. The van der Waals surface area contributed by atoms with Gasteiger partial charge in [0.2, 0.25) is 5.95 Å². The third-order valence-corrected chi connectivity index (χ3v) is 8.60. The molecule has 0 aliphatic carbocycles. The summed E-state index contributed by atoms with van der Waals surface area (Å²) >= 11 is 0. The Labute approximate surface area is 258 Å². The fraction of sp³-hybridized carbons (Fsp3) is 0. The largest absolute Gasteiger partial charge is 0.309 e. The summed E-state index contributed by atoms with van der Waals surface area (Å²) in [5.41, 5.74) is 8.64. The van der Waals surface area contributed by atoms with Gasteiger partial charge < -0.3 is 4.57 Å². The van der Waals surface area contributed by atoms with Gasteiger partial charge in [-0.25, -0.2) is 14.4 Å². The average molecular weight is 581 g/mol. The molecule has 212 valence electrons. The van der Waals surface area contributed by atoms with Gasteiger partial charge in [0.1, 0.15) is 5.82 Å². The molecule has 0 aliphatic rings. The van der Waals surface area contributed by atoms with Crippen molar-refractivity contribution in [2.24, 2.45) is 0 Å². The van der Waals surface area contributed by atoms with Gasteiger partial charge in [-0.2, -0.15) is 0 Å². The maximum atomic E-state index is 14.9. The molecule has 0 spiro atoms. The maximum Gasteiger partial charge on any atom is 0.235 e. The summed E-state index contributed by atoms with van der Waals surface area (Å²) in [5.74, 6) is 0.249. The molecular formula is C40H25FN4. The molecule has 0 bridgehead atoms. The van der Waals surface area contributed by atoms with E-state index in [0.29, 0.717) is 5.95 Å². The lowest BCUT2D eigenvalue weighted by atomic mass is 10.1. The Hall–Kier alpha value is -6.07. The third-order valence-electron chi connectivity index (χ3n) is 8.60. The molecule has 5 heteroatoms. The first-order chi connectivity index (χ1) is 22.2. The van der Waals surface area contributed by atoms with Gasteiger partial charge in [0.25, 0.3) is 0 Å². The van der Waals surface area contributed by atoms with Crippen molar-refractivity contribution in [3.05, 3.63) is 157 Å². The number of hydrogen-bond acceptors (Lipinski definition) is 2. The summed E-state index contributed by atoms with van der Waals surface area (Å²) in [4.78, 5) is 10.2. The zero-order valence-corrected chi connectivity index (χ0v) is 24.1. The summed E-state index contributed by atoms with van der Waals surface area (Å²) in [6, 6.07) is 50.6. The van der Waals surface area contributed by atoms with Gasteiger partial charge in [-0.15, -0.1) is 0 Å². The monoisotopic (exact) mass is 580 g/mol. The smallest absolute Gasteiger partial charge is 0.235 e.